The molecule has 5 heteroatoms. The van der Waals surface area contributed by atoms with Gasteiger partial charge in [-0.1, -0.05) is 13.8 Å². The van der Waals surface area contributed by atoms with Gasteiger partial charge in [0, 0.05) is 20.6 Å². The summed E-state index contributed by atoms with van der Waals surface area (Å²) in [5, 5.41) is 3.04. The van der Waals surface area contributed by atoms with E-state index in [1.165, 1.54) is 0 Å². The van der Waals surface area contributed by atoms with Gasteiger partial charge >= 0.3 is 0 Å². The molecule has 112 valence electrons. The van der Waals surface area contributed by atoms with Crippen LogP contribution in [-0.4, -0.2) is 37.5 Å². The Hall–Kier alpha value is -0.140. The first kappa shape index (κ1) is 17.9. The van der Waals surface area contributed by atoms with Crippen LogP contribution in [0.25, 0.3) is 0 Å². The average Bonchev–Trinajstić information content (AvgIpc) is 2.36. The van der Waals surface area contributed by atoms with Gasteiger partial charge in [0.25, 0.3) is 5.91 Å². The van der Waals surface area contributed by atoms with Gasteiger partial charge in [0.1, 0.15) is 0 Å². The Morgan fingerprint density at radius 1 is 1.40 bits per heavy atom. The van der Waals surface area contributed by atoms with Gasteiger partial charge in [-0.3, -0.25) is 4.79 Å². The summed E-state index contributed by atoms with van der Waals surface area (Å²) in [5.41, 5.74) is 0.693. The Balaban J connectivity index is 2.68. The predicted octanol–water partition coefficient (Wildman–Crippen LogP) is 3.76. The maximum absolute atomic E-state index is 12.3. The molecule has 0 aromatic heterocycles. The van der Waals surface area contributed by atoms with Crippen LogP contribution in [0.5, 0.6) is 0 Å². The van der Waals surface area contributed by atoms with Crippen LogP contribution in [0.4, 0.5) is 0 Å². The van der Waals surface area contributed by atoms with Crippen LogP contribution in [0.2, 0.25) is 0 Å². The molecule has 0 saturated carbocycles. The maximum atomic E-state index is 12.3. The molecule has 0 aliphatic rings. The summed E-state index contributed by atoms with van der Waals surface area (Å²) in [6.07, 6.45) is 1.07. The molecule has 0 radical (unpaired) electrons. The predicted molar refractivity (Wildman–Crippen MR) is 96.1 cm³/mol. The number of benzene rings is 1. The minimum Gasteiger partial charge on any atom is -0.350 e. The zero-order chi connectivity index (χ0) is 15.3. The van der Waals surface area contributed by atoms with Crippen LogP contribution < -0.4 is 5.32 Å². The molecule has 1 amide bonds. The summed E-state index contributed by atoms with van der Waals surface area (Å²) in [4.78, 5) is 14.4. The molecular formula is C15H22BrIN2O. The molecule has 3 nitrogen and oxygen atoms in total. The highest BCUT2D eigenvalue weighted by atomic mass is 127. The second-order valence-corrected chi connectivity index (χ2v) is 7.68. The number of hydrogen-bond acceptors (Lipinski definition) is 2. The number of nitrogens with one attached hydrogen (secondary N) is 1. The molecule has 0 aliphatic carbocycles. The third kappa shape index (κ3) is 5.69. The Morgan fingerprint density at radius 3 is 2.60 bits per heavy atom. The fraction of sp³-hybridized carbons (Fsp3) is 0.533. The summed E-state index contributed by atoms with van der Waals surface area (Å²) in [7, 11) is 4.11. The maximum Gasteiger partial charge on any atom is 0.252 e. The summed E-state index contributed by atoms with van der Waals surface area (Å²) < 4.78 is 1.89. The van der Waals surface area contributed by atoms with Crippen LogP contribution in [0.3, 0.4) is 0 Å². The lowest BCUT2D eigenvalue weighted by molar-refractivity contribution is 0.0937. The smallest absolute Gasteiger partial charge is 0.252 e. The van der Waals surface area contributed by atoms with Crippen molar-refractivity contribution in [1.82, 2.24) is 10.2 Å². The number of rotatable bonds is 6. The largest absolute Gasteiger partial charge is 0.350 e. The lowest BCUT2D eigenvalue weighted by Gasteiger charge is -2.26. The van der Waals surface area contributed by atoms with E-state index in [0.717, 1.165) is 14.5 Å². The second kappa shape index (κ2) is 8.34. The van der Waals surface area contributed by atoms with Gasteiger partial charge in [-0.15, -0.1) is 0 Å². The molecular weight excluding hydrogens is 431 g/mol. The van der Waals surface area contributed by atoms with Crippen LogP contribution in [-0.2, 0) is 0 Å². The molecule has 0 spiro atoms. The monoisotopic (exact) mass is 452 g/mol. The molecule has 1 aromatic rings. The lowest BCUT2D eigenvalue weighted by Crippen LogP contribution is -2.41. The summed E-state index contributed by atoms with van der Waals surface area (Å²) in [5.74, 6) is 0.592. The van der Waals surface area contributed by atoms with Gasteiger partial charge in [0.15, 0.2) is 0 Å². The van der Waals surface area contributed by atoms with Gasteiger partial charge in [-0.25, -0.2) is 0 Å². The number of hydrogen-bond donors (Lipinski definition) is 1. The van der Waals surface area contributed by atoms with Gasteiger partial charge < -0.3 is 10.2 Å². The first-order valence-corrected chi connectivity index (χ1v) is 8.58. The highest BCUT2D eigenvalue weighted by molar-refractivity contribution is 14.1. The van der Waals surface area contributed by atoms with Gasteiger partial charge in [0.05, 0.1) is 5.56 Å². The summed E-state index contributed by atoms with van der Waals surface area (Å²) in [6, 6.07) is 6.14. The number of nitrogens with zero attached hydrogens (tertiary/aromatic N) is 1. The zero-order valence-electron chi connectivity index (χ0n) is 12.4. The molecule has 1 unspecified atom stereocenters. The van der Waals surface area contributed by atoms with E-state index in [0.29, 0.717) is 24.1 Å². The fourth-order valence-electron chi connectivity index (χ4n) is 2.00. The topological polar surface area (TPSA) is 32.3 Å². The van der Waals surface area contributed by atoms with Crippen molar-refractivity contribution >= 4 is 44.4 Å². The van der Waals surface area contributed by atoms with Crippen LogP contribution in [0, 0.1) is 9.49 Å². The van der Waals surface area contributed by atoms with E-state index >= 15 is 0 Å². The highest BCUT2D eigenvalue weighted by Gasteiger charge is 2.16. The minimum absolute atomic E-state index is 0.0222. The standard InChI is InChI=1S/C15H22BrIN2O/c1-10(2)7-12(19(3)4)9-18-15(20)13-8-11(17)5-6-14(13)16/h5-6,8,10,12H,7,9H2,1-4H3,(H,18,20). The molecule has 1 N–H and O–H groups in total. The number of amides is 1. The van der Waals surface area contributed by atoms with Crippen molar-refractivity contribution < 1.29 is 4.79 Å². The number of likely N-dealkylation sites (N-methyl/N-ethyl adjacent to an activating group) is 1. The van der Waals surface area contributed by atoms with E-state index in [4.69, 9.17) is 0 Å². The van der Waals surface area contributed by atoms with Crippen LogP contribution >= 0.6 is 38.5 Å². The van der Waals surface area contributed by atoms with Crippen molar-refractivity contribution in [1.29, 1.82) is 0 Å². The van der Waals surface area contributed by atoms with E-state index in [1.54, 1.807) is 0 Å². The van der Waals surface area contributed by atoms with E-state index in [1.807, 2.05) is 18.2 Å². The molecule has 1 atom stereocenters. The molecule has 0 aliphatic heterocycles. The van der Waals surface area contributed by atoms with Crippen molar-refractivity contribution in [3.8, 4) is 0 Å². The molecule has 0 fully saturated rings. The molecule has 0 bridgehead atoms. The summed E-state index contributed by atoms with van der Waals surface area (Å²) >= 11 is 5.65. The van der Waals surface area contributed by atoms with Gasteiger partial charge in [0.2, 0.25) is 0 Å². The van der Waals surface area contributed by atoms with E-state index in [9.17, 15) is 4.79 Å². The van der Waals surface area contributed by atoms with Gasteiger partial charge in [-0.05, 0) is 83.2 Å². The Bertz CT molecular complexity index is 463. The minimum atomic E-state index is -0.0222. The van der Waals surface area contributed by atoms with Crippen molar-refractivity contribution in [3.63, 3.8) is 0 Å². The van der Waals surface area contributed by atoms with E-state index < -0.39 is 0 Å². The zero-order valence-corrected chi connectivity index (χ0v) is 16.2. The SMILES string of the molecule is CC(C)CC(CNC(=O)c1cc(I)ccc1Br)N(C)C. The third-order valence-electron chi connectivity index (χ3n) is 3.15. The van der Waals surface area contributed by atoms with Crippen molar-refractivity contribution in [3.05, 3.63) is 31.8 Å². The van der Waals surface area contributed by atoms with Crippen LogP contribution in [0.15, 0.2) is 22.7 Å². The van der Waals surface area contributed by atoms with Gasteiger partial charge in [-0.2, -0.15) is 0 Å². The summed E-state index contributed by atoms with van der Waals surface area (Å²) in [6.45, 7) is 5.07. The first-order valence-electron chi connectivity index (χ1n) is 6.71. The Morgan fingerprint density at radius 2 is 2.05 bits per heavy atom. The Labute approximate surface area is 143 Å². The molecule has 20 heavy (non-hydrogen) atoms. The number of halogens is 2. The van der Waals surface area contributed by atoms with Crippen molar-refractivity contribution in [2.75, 3.05) is 20.6 Å². The average molecular weight is 453 g/mol. The molecule has 1 rings (SSSR count). The molecule has 1 aromatic carbocycles. The first-order chi connectivity index (χ1) is 9.31. The Kier molecular flexibility index (Phi) is 7.47. The van der Waals surface area contributed by atoms with Crippen molar-refractivity contribution in [2.45, 2.75) is 26.3 Å². The van der Waals surface area contributed by atoms with E-state index in [2.05, 4.69) is 76.7 Å². The van der Waals surface area contributed by atoms with Crippen molar-refractivity contribution in [2.24, 2.45) is 5.92 Å². The highest BCUT2D eigenvalue weighted by Crippen LogP contribution is 2.19. The van der Waals surface area contributed by atoms with Crippen LogP contribution in [0.1, 0.15) is 30.6 Å². The number of carbonyl (C=O) groups is 1. The quantitative estimate of drug-likeness (QED) is 0.666. The second-order valence-electron chi connectivity index (χ2n) is 5.58. The third-order valence-corrected chi connectivity index (χ3v) is 4.51. The number of carbonyl (C=O) groups excluding carboxylic acids is 1. The van der Waals surface area contributed by atoms with E-state index in [-0.39, 0.29) is 5.91 Å². The normalized spacial score (nSPS) is 12.8. The molecule has 0 saturated heterocycles. The molecule has 0 heterocycles. The lowest BCUT2D eigenvalue weighted by atomic mass is 10.0. The fourth-order valence-corrected chi connectivity index (χ4v) is 2.92.